The number of aromatic amines is 1. The molecule has 0 saturated heterocycles. The second-order valence-electron chi connectivity index (χ2n) is 16.4. The lowest BCUT2D eigenvalue weighted by Gasteiger charge is -2.09. The Morgan fingerprint density at radius 1 is 0.653 bits per heavy atom. The van der Waals surface area contributed by atoms with E-state index >= 15 is 0 Å². The van der Waals surface area contributed by atoms with Crippen LogP contribution in [0.3, 0.4) is 0 Å². The average molecular weight is 1030 g/mol. The molecular weight excluding hydrogens is 943 g/mol. The Morgan fingerprint density at radius 3 is 1.92 bits per heavy atom. The van der Waals surface area contributed by atoms with E-state index in [9.17, 15) is 9.59 Å². The number of aromatic nitrogens is 8. The minimum absolute atomic E-state index is 0.199. The number of carbonyl (C=O) groups is 1. The van der Waals surface area contributed by atoms with Crippen molar-refractivity contribution in [1.29, 1.82) is 0 Å². The van der Waals surface area contributed by atoms with Crippen LogP contribution in [0.5, 0.6) is 5.75 Å². The molecule has 8 aromatic heterocycles. The van der Waals surface area contributed by atoms with E-state index in [1.165, 1.54) is 15.6 Å². The third kappa shape index (κ3) is 19.4. The first-order chi connectivity index (χ1) is 34.7. The van der Waals surface area contributed by atoms with Crippen molar-refractivity contribution in [3.05, 3.63) is 115 Å². The summed E-state index contributed by atoms with van der Waals surface area (Å²) in [6.45, 7) is 43.3. The quantitative estimate of drug-likeness (QED) is 0.155. The fraction of sp³-hybridized carbons (Fsp3) is 0.518. The molecule has 0 fully saturated rings. The van der Waals surface area contributed by atoms with E-state index in [0.717, 1.165) is 69.0 Å². The molecule has 0 amide bonds. The number of ether oxygens (including phenoxy) is 1. The van der Waals surface area contributed by atoms with Crippen molar-refractivity contribution in [3.63, 3.8) is 0 Å². The average Bonchev–Trinajstić information content (AvgIpc) is 4.27. The third-order valence-electron chi connectivity index (χ3n) is 9.95. The van der Waals surface area contributed by atoms with Gasteiger partial charge in [0.25, 0.3) is 0 Å². The molecule has 0 spiro atoms. The van der Waals surface area contributed by atoms with Crippen LogP contribution in [0.1, 0.15) is 212 Å². The highest BCUT2D eigenvalue weighted by Crippen LogP contribution is 2.33. The molecule has 396 valence electrons. The summed E-state index contributed by atoms with van der Waals surface area (Å²) in [5, 5.41) is 8.37. The van der Waals surface area contributed by atoms with Crippen LogP contribution in [-0.2, 0) is 24.2 Å². The molecule has 0 aliphatic carbocycles. The van der Waals surface area contributed by atoms with Crippen molar-refractivity contribution in [3.8, 4) is 5.75 Å². The molecule has 2 N–H and O–H groups in total. The minimum atomic E-state index is -0.455. The number of nitrogens with one attached hydrogen (secondary N) is 2. The van der Waals surface area contributed by atoms with E-state index in [4.69, 9.17) is 13.7 Å². The zero-order valence-electron chi connectivity index (χ0n) is 47.0. The maximum absolute atomic E-state index is 11.0. The molecule has 10 heterocycles. The van der Waals surface area contributed by atoms with Gasteiger partial charge in [-0.05, 0) is 59.6 Å². The Balaban J connectivity index is 0.000000431. The first-order valence-electron chi connectivity index (χ1n) is 25.9. The first kappa shape index (κ1) is 64.3. The largest absolute Gasteiger partial charge is 0.424 e. The number of carbonyl (C=O) groups excluding carboxylic acids is 1. The fourth-order valence-electron chi connectivity index (χ4n) is 6.40. The van der Waals surface area contributed by atoms with Crippen LogP contribution in [0.25, 0.3) is 32.7 Å². The number of rotatable bonds is 5. The molecule has 14 nitrogen and oxygen atoms in total. The zero-order valence-corrected chi connectivity index (χ0v) is 48.6. The van der Waals surface area contributed by atoms with Gasteiger partial charge in [-0.15, -0.1) is 22.7 Å². The molecule has 2 aliphatic rings. The lowest BCUT2D eigenvalue weighted by molar-refractivity contribution is -0.131. The van der Waals surface area contributed by atoms with Gasteiger partial charge in [0.1, 0.15) is 10.3 Å². The van der Waals surface area contributed by atoms with Crippen LogP contribution in [0.15, 0.2) is 74.4 Å². The van der Waals surface area contributed by atoms with Crippen molar-refractivity contribution in [2.75, 3.05) is 6.54 Å². The molecule has 10 rings (SSSR count). The predicted molar refractivity (Wildman–Crippen MR) is 302 cm³/mol. The molecule has 16 heteroatoms. The summed E-state index contributed by atoms with van der Waals surface area (Å²) in [5.41, 5.74) is 12.1. The van der Waals surface area contributed by atoms with Gasteiger partial charge in [0, 0.05) is 65.7 Å². The van der Waals surface area contributed by atoms with E-state index in [2.05, 4.69) is 115 Å². The monoisotopic (exact) mass is 1030 g/mol. The van der Waals surface area contributed by atoms with Gasteiger partial charge in [0.05, 0.1) is 40.0 Å². The van der Waals surface area contributed by atoms with Crippen molar-refractivity contribution < 1.29 is 18.5 Å². The lowest BCUT2D eigenvalue weighted by atomic mass is 10.0. The molecule has 72 heavy (non-hydrogen) atoms. The minimum Gasteiger partial charge on any atom is -0.424 e. The normalized spacial score (nSPS) is 11.6. The van der Waals surface area contributed by atoms with Crippen LogP contribution in [-0.4, -0.2) is 52.6 Å². The molecule has 8 aromatic rings. The van der Waals surface area contributed by atoms with E-state index in [-0.39, 0.29) is 5.97 Å². The summed E-state index contributed by atoms with van der Waals surface area (Å²) < 4.78 is 15.1. The van der Waals surface area contributed by atoms with Gasteiger partial charge in [0.2, 0.25) is 0 Å². The molecule has 0 bridgehead atoms. The number of fused-ring (bicyclic) bond motifs is 5. The van der Waals surface area contributed by atoms with E-state index < -0.39 is 5.76 Å². The Kier molecular flexibility index (Phi) is 30.9. The number of hydrogen-bond donors (Lipinski definition) is 2. The summed E-state index contributed by atoms with van der Waals surface area (Å²) in [4.78, 5) is 52.4. The van der Waals surface area contributed by atoms with Gasteiger partial charge >= 0.3 is 11.7 Å². The second-order valence-corrected chi connectivity index (χ2v) is 18.4. The SMILES string of the molecule is CC.CC.CC.CC.CC.CC(C)c1ccc2ncsc2n1.CC(C)c1ccnc2c1OC(=O)C2.CC(C)c1ccnc2cnoc12.CC(C)c1cnc2[nH]c(=O)oc2c1.CC(C)c1nc2c(s1)CNCC2. The Labute approximate surface area is 437 Å². The summed E-state index contributed by atoms with van der Waals surface area (Å²) in [6, 6.07) is 9.80. The molecule has 0 aromatic carbocycles. The highest BCUT2D eigenvalue weighted by molar-refractivity contribution is 7.16. The Hall–Kier alpha value is -5.71. The van der Waals surface area contributed by atoms with Crippen LogP contribution in [0.2, 0.25) is 0 Å². The van der Waals surface area contributed by atoms with Crippen LogP contribution >= 0.6 is 22.7 Å². The Bertz CT molecular complexity index is 2760. The molecule has 0 saturated carbocycles. The van der Waals surface area contributed by atoms with Crippen LogP contribution < -0.4 is 15.8 Å². The van der Waals surface area contributed by atoms with Gasteiger partial charge in [-0.25, -0.2) is 24.7 Å². The van der Waals surface area contributed by atoms with E-state index in [1.807, 2.05) is 116 Å². The highest BCUT2D eigenvalue weighted by Gasteiger charge is 2.25. The summed E-state index contributed by atoms with van der Waals surface area (Å²) in [6.07, 6.45) is 8.33. The first-order valence-corrected chi connectivity index (χ1v) is 27.6. The maximum atomic E-state index is 11.0. The van der Waals surface area contributed by atoms with Gasteiger partial charge in [-0.2, -0.15) is 0 Å². The smallest absolute Gasteiger partial charge is 0.418 e. The number of oxazole rings is 1. The Morgan fingerprint density at radius 2 is 1.31 bits per heavy atom. The van der Waals surface area contributed by atoms with Gasteiger partial charge in [0.15, 0.2) is 22.6 Å². The van der Waals surface area contributed by atoms with E-state index in [1.54, 1.807) is 36.1 Å². The van der Waals surface area contributed by atoms with Gasteiger partial charge in [-0.1, -0.05) is 144 Å². The second kappa shape index (κ2) is 34.6. The molecule has 0 radical (unpaired) electrons. The van der Waals surface area contributed by atoms with Crippen molar-refractivity contribution in [1.82, 2.24) is 45.4 Å². The topological polar surface area (TPSA) is 188 Å². The zero-order chi connectivity index (χ0) is 54.5. The van der Waals surface area contributed by atoms with Gasteiger partial charge in [-0.3, -0.25) is 19.7 Å². The van der Waals surface area contributed by atoms with Crippen molar-refractivity contribution in [2.45, 2.75) is 187 Å². The fourth-order valence-corrected chi connectivity index (χ4v) is 8.15. The number of esters is 1. The van der Waals surface area contributed by atoms with Crippen molar-refractivity contribution in [2.24, 2.45) is 0 Å². The van der Waals surface area contributed by atoms with Crippen LogP contribution in [0.4, 0.5) is 0 Å². The predicted octanol–water partition coefficient (Wildman–Crippen LogP) is 15.5. The van der Waals surface area contributed by atoms with E-state index in [0.29, 0.717) is 53.0 Å². The number of thiazole rings is 2. The molecule has 0 unspecified atom stereocenters. The van der Waals surface area contributed by atoms with Gasteiger partial charge < -0.3 is 19.0 Å². The molecular formula is C56H85N9O5S2. The maximum Gasteiger partial charge on any atom is 0.418 e. The number of nitrogens with zero attached hydrogens (tertiary/aromatic N) is 7. The number of H-pyrrole nitrogens is 1. The highest BCUT2D eigenvalue weighted by atomic mass is 32.1. The summed E-state index contributed by atoms with van der Waals surface area (Å²) in [5.74, 6) is 2.31. The lowest BCUT2D eigenvalue weighted by Crippen LogP contribution is -2.22. The summed E-state index contributed by atoms with van der Waals surface area (Å²) in [7, 11) is 0. The number of hydrogen-bond acceptors (Lipinski definition) is 15. The summed E-state index contributed by atoms with van der Waals surface area (Å²) >= 11 is 3.47. The molecule has 2 aliphatic heterocycles. The van der Waals surface area contributed by atoms with Crippen LogP contribution in [0, 0.1) is 0 Å². The van der Waals surface area contributed by atoms with Crippen molar-refractivity contribution >= 4 is 61.3 Å². The standard InChI is InChI=1S/C10H11NO2.C9H10N2O2.C9H10N2O.C9H14N2S.C9H10N2S.5C2H6/c1-6(2)7-3-4-11-8-5-9(12)13-10(7)8;1-5(2)6-3-7-8(10-4-6)11-9(12)13-7;1-6(2)7-3-4-10-8-5-11-12-9(7)8;1-6(2)9-11-7-3-4-10-5-8(7)12-9;1-6(2)7-3-4-8-9(11-7)12-5-10-8;5*1-2/h3-4,6H,5H2,1-2H3;3-5H,1-2H3,(H,10,11,12);3-6H,1-2H3;6,10H,3-5H2,1-2H3;3-6H,1-2H3;5*1-2H3. The number of pyridine rings is 4. The third-order valence-corrected chi connectivity index (χ3v) is 12.1. The molecule has 0 atom stereocenters.